The fourth-order valence-corrected chi connectivity index (χ4v) is 1.44. The summed E-state index contributed by atoms with van der Waals surface area (Å²) in [5.41, 5.74) is 0.553. The van der Waals surface area contributed by atoms with Gasteiger partial charge >= 0.3 is 0 Å². The molecule has 2 aromatic heterocycles. The van der Waals surface area contributed by atoms with Gasteiger partial charge in [-0.15, -0.1) is 10.2 Å². The van der Waals surface area contributed by atoms with E-state index in [-0.39, 0.29) is 5.92 Å². The molecule has 18 heavy (non-hydrogen) atoms. The number of rotatable bonds is 5. The summed E-state index contributed by atoms with van der Waals surface area (Å²) in [5.74, 6) is 1.04. The highest BCUT2D eigenvalue weighted by molar-refractivity contribution is 5.49. The third-order valence-corrected chi connectivity index (χ3v) is 2.68. The van der Waals surface area contributed by atoms with Gasteiger partial charge in [-0.25, -0.2) is 8.78 Å². The molecule has 2 rings (SSSR count). The molecule has 0 spiro atoms. The van der Waals surface area contributed by atoms with Gasteiger partial charge in [-0.05, 0) is 6.42 Å². The van der Waals surface area contributed by atoms with E-state index in [0.29, 0.717) is 17.3 Å². The van der Waals surface area contributed by atoms with Crippen LogP contribution < -0.4 is 0 Å². The second-order valence-electron chi connectivity index (χ2n) is 4.10. The normalized spacial score (nSPS) is 13.2. The van der Waals surface area contributed by atoms with Crippen molar-refractivity contribution in [2.24, 2.45) is 0 Å². The summed E-state index contributed by atoms with van der Waals surface area (Å²) in [7, 11) is 0. The third kappa shape index (κ3) is 2.72. The lowest BCUT2D eigenvalue weighted by Crippen LogP contribution is -2.06. The van der Waals surface area contributed by atoms with Crippen molar-refractivity contribution in [3.8, 4) is 11.5 Å². The summed E-state index contributed by atoms with van der Waals surface area (Å²) in [5, 5.41) is 11.6. The van der Waals surface area contributed by atoms with E-state index >= 15 is 0 Å². The summed E-state index contributed by atoms with van der Waals surface area (Å²) < 4.78 is 31.0. The molecule has 98 valence electrons. The topological polar surface area (TPSA) is 56.7 Å². The van der Waals surface area contributed by atoms with Crippen LogP contribution in [0.3, 0.4) is 0 Å². The first-order valence-electron chi connectivity index (χ1n) is 5.74. The molecule has 0 aromatic carbocycles. The van der Waals surface area contributed by atoms with Gasteiger partial charge < -0.3 is 4.42 Å². The Hall–Kier alpha value is -1.79. The van der Waals surface area contributed by atoms with E-state index in [9.17, 15) is 8.78 Å². The molecule has 0 saturated heterocycles. The number of aromatic nitrogens is 4. The summed E-state index contributed by atoms with van der Waals surface area (Å²) in [4.78, 5) is 0. The van der Waals surface area contributed by atoms with E-state index < -0.39 is 13.0 Å². The Labute approximate surface area is 103 Å². The predicted octanol–water partition coefficient (Wildman–Crippen LogP) is 2.71. The summed E-state index contributed by atoms with van der Waals surface area (Å²) in [6, 6.07) is 0. The average Bonchev–Trinajstić information content (AvgIpc) is 2.95. The Kier molecular flexibility index (Phi) is 3.69. The molecule has 7 heteroatoms. The van der Waals surface area contributed by atoms with Crippen LogP contribution in [0, 0.1) is 0 Å². The molecule has 1 unspecified atom stereocenters. The van der Waals surface area contributed by atoms with Gasteiger partial charge in [-0.2, -0.15) is 5.10 Å². The highest BCUT2D eigenvalue weighted by Gasteiger charge is 2.15. The van der Waals surface area contributed by atoms with Gasteiger partial charge in [0, 0.05) is 12.1 Å². The van der Waals surface area contributed by atoms with E-state index in [2.05, 4.69) is 15.3 Å². The number of alkyl halides is 2. The van der Waals surface area contributed by atoms with Gasteiger partial charge in [-0.1, -0.05) is 13.8 Å². The van der Waals surface area contributed by atoms with Crippen LogP contribution in [0.1, 0.15) is 32.1 Å². The van der Waals surface area contributed by atoms with Crippen LogP contribution in [0.2, 0.25) is 0 Å². The first-order valence-corrected chi connectivity index (χ1v) is 5.74. The molecule has 0 aliphatic carbocycles. The lowest BCUT2D eigenvalue weighted by molar-refractivity contribution is 0.122. The van der Waals surface area contributed by atoms with E-state index in [1.54, 1.807) is 0 Å². The molecule has 5 nitrogen and oxygen atoms in total. The Balaban J connectivity index is 2.16. The lowest BCUT2D eigenvalue weighted by Gasteiger charge is -1.99. The summed E-state index contributed by atoms with van der Waals surface area (Å²) in [6.07, 6.45) is 1.37. The highest BCUT2D eigenvalue weighted by atomic mass is 19.3. The van der Waals surface area contributed by atoms with Crippen molar-refractivity contribution in [2.75, 3.05) is 0 Å². The minimum atomic E-state index is -2.43. The molecule has 0 amide bonds. The van der Waals surface area contributed by atoms with Gasteiger partial charge in [0.25, 0.3) is 12.3 Å². The van der Waals surface area contributed by atoms with Crippen molar-refractivity contribution < 1.29 is 13.2 Å². The zero-order chi connectivity index (χ0) is 13.1. The lowest BCUT2D eigenvalue weighted by atomic mass is 10.1. The molecular formula is C11H14F2N4O. The predicted molar refractivity (Wildman–Crippen MR) is 60.2 cm³/mol. The molecule has 1 atom stereocenters. The van der Waals surface area contributed by atoms with E-state index in [1.165, 1.54) is 12.4 Å². The molecule has 0 aliphatic rings. The van der Waals surface area contributed by atoms with E-state index in [4.69, 9.17) is 4.42 Å². The van der Waals surface area contributed by atoms with Crippen LogP contribution in [-0.4, -0.2) is 26.4 Å². The first-order chi connectivity index (χ1) is 8.60. The molecule has 0 aliphatic heterocycles. The molecule has 2 aromatic rings. The van der Waals surface area contributed by atoms with Crippen molar-refractivity contribution in [3.63, 3.8) is 0 Å². The molecule has 0 saturated carbocycles. The average molecular weight is 256 g/mol. The van der Waals surface area contributed by atoms with E-state index in [0.717, 1.165) is 11.1 Å². The van der Waals surface area contributed by atoms with Crippen LogP contribution in [0.25, 0.3) is 11.5 Å². The van der Waals surface area contributed by atoms with Crippen molar-refractivity contribution in [2.45, 2.75) is 39.2 Å². The first kappa shape index (κ1) is 12.7. The maximum absolute atomic E-state index is 12.2. The van der Waals surface area contributed by atoms with Crippen molar-refractivity contribution >= 4 is 0 Å². The minimum absolute atomic E-state index is 0.183. The van der Waals surface area contributed by atoms with Crippen LogP contribution in [0.15, 0.2) is 16.8 Å². The maximum atomic E-state index is 12.2. The molecular weight excluding hydrogens is 242 g/mol. The second-order valence-corrected chi connectivity index (χ2v) is 4.10. The second kappa shape index (κ2) is 5.24. The third-order valence-electron chi connectivity index (χ3n) is 2.68. The van der Waals surface area contributed by atoms with Gasteiger partial charge in [0.05, 0.1) is 11.8 Å². The number of hydrogen-bond acceptors (Lipinski definition) is 4. The van der Waals surface area contributed by atoms with Gasteiger partial charge in [-0.3, -0.25) is 4.68 Å². The Bertz CT molecular complexity index is 509. The maximum Gasteiger partial charge on any atom is 0.257 e. The zero-order valence-electron chi connectivity index (χ0n) is 10.2. The molecule has 0 fully saturated rings. The highest BCUT2D eigenvalue weighted by Crippen LogP contribution is 2.22. The van der Waals surface area contributed by atoms with Gasteiger partial charge in [0.2, 0.25) is 5.89 Å². The Morgan fingerprint density at radius 1 is 1.39 bits per heavy atom. The van der Waals surface area contributed by atoms with Crippen molar-refractivity contribution in [1.82, 2.24) is 20.0 Å². The molecule has 0 N–H and O–H groups in total. The van der Waals surface area contributed by atoms with Crippen molar-refractivity contribution in [1.29, 1.82) is 0 Å². The SMILES string of the molecule is CCC(C)c1nnc(-c2cnn(CC(F)F)c2)o1. The smallest absolute Gasteiger partial charge is 0.257 e. The van der Waals surface area contributed by atoms with Crippen LogP contribution in [-0.2, 0) is 6.54 Å². The fraction of sp³-hybridized carbons (Fsp3) is 0.545. The van der Waals surface area contributed by atoms with Crippen LogP contribution in [0.4, 0.5) is 8.78 Å². The quantitative estimate of drug-likeness (QED) is 0.825. The Morgan fingerprint density at radius 2 is 2.17 bits per heavy atom. The van der Waals surface area contributed by atoms with Crippen LogP contribution in [0.5, 0.6) is 0 Å². The molecule has 0 radical (unpaired) electrons. The standard InChI is InChI=1S/C11H14F2N4O/c1-3-7(2)10-15-16-11(18-10)8-4-14-17(5-8)6-9(12)13/h4-5,7,9H,3,6H2,1-2H3. The molecule has 2 heterocycles. The minimum Gasteiger partial charge on any atom is -0.420 e. The molecule has 0 bridgehead atoms. The summed E-state index contributed by atoms with van der Waals surface area (Å²) >= 11 is 0. The zero-order valence-corrected chi connectivity index (χ0v) is 10.2. The summed E-state index contributed by atoms with van der Waals surface area (Å²) in [6.45, 7) is 3.57. The number of hydrogen-bond donors (Lipinski definition) is 0. The van der Waals surface area contributed by atoms with Crippen molar-refractivity contribution in [3.05, 3.63) is 18.3 Å². The Morgan fingerprint density at radius 3 is 2.83 bits per heavy atom. The van der Waals surface area contributed by atoms with Gasteiger partial charge in [0.15, 0.2) is 0 Å². The largest absolute Gasteiger partial charge is 0.420 e. The van der Waals surface area contributed by atoms with E-state index in [1.807, 2.05) is 13.8 Å². The number of halogens is 2. The van der Waals surface area contributed by atoms with Gasteiger partial charge in [0.1, 0.15) is 6.54 Å². The number of nitrogens with zero attached hydrogens (tertiary/aromatic N) is 4. The van der Waals surface area contributed by atoms with Crippen LogP contribution >= 0.6 is 0 Å². The fourth-order valence-electron chi connectivity index (χ4n) is 1.44. The monoisotopic (exact) mass is 256 g/mol.